The van der Waals surface area contributed by atoms with Gasteiger partial charge in [0, 0.05) is 10.0 Å². The summed E-state index contributed by atoms with van der Waals surface area (Å²) < 4.78 is 22.2. The number of carbonyl (C=O) groups is 1. The average molecular weight is 418 g/mol. The van der Waals surface area contributed by atoms with E-state index in [0.29, 0.717) is 22.8 Å². The lowest BCUT2D eigenvalue weighted by atomic mass is 10.1. The molecule has 0 aromatic heterocycles. The average Bonchev–Trinajstić information content (AvgIpc) is 3.02. The SMILES string of the molecule is COc1cc(C2=N/C(=C\c3ccc(Br)cc3)C(=O)O2)cc(OC)c1OC. The Hall–Kier alpha value is -2.80. The second kappa shape index (κ2) is 7.61. The van der Waals surface area contributed by atoms with Gasteiger partial charge in [-0.25, -0.2) is 9.79 Å². The fourth-order valence-electron chi connectivity index (χ4n) is 2.45. The molecule has 7 heteroatoms. The van der Waals surface area contributed by atoms with Crippen molar-refractivity contribution < 1.29 is 23.7 Å². The van der Waals surface area contributed by atoms with E-state index in [1.807, 2.05) is 24.3 Å². The number of benzene rings is 2. The van der Waals surface area contributed by atoms with Crippen LogP contribution < -0.4 is 14.2 Å². The van der Waals surface area contributed by atoms with Crippen molar-refractivity contribution in [3.63, 3.8) is 0 Å². The number of hydrogen-bond acceptors (Lipinski definition) is 6. The van der Waals surface area contributed by atoms with E-state index in [1.54, 1.807) is 18.2 Å². The number of aliphatic imine (C=N–C) groups is 1. The van der Waals surface area contributed by atoms with Gasteiger partial charge in [-0.3, -0.25) is 0 Å². The van der Waals surface area contributed by atoms with Gasteiger partial charge in [0.05, 0.1) is 21.3 Å². The molecule has 2 aromatic rings. The Bertz CT molecular complexity index is 878. The molecule has 0 aliphatic carbocycles. The van der Waals surface area contributed by atoms with Gasteiger partial charge in [-0.05, 0) is 35.9 Å². The van der Waals surface area contributed by atoms with Gasteiger partial charge < -0.3 is 18.9 Å². The van der Waals surface area contributed by atoms with E-state index >= 15 is 0 Å². The molecule has 2 aromatic carbocycles. The fourth-order valence-corrected chi connectivity index (χ4v) is 2.72. The van der Waals surface area contributed by atoms with E-state index in [4.69, 9.17) is 18.9 Å². The third-order valence-corrected chi connectivity index (χ3v) is 4.23. The lowest BCUT2D eigenvalue weighted by Crippen LogP contribution is -2.06. The number of rotatable bonds is 5. The van der Waals surface area contributed by atoms with Crippen LogP contribution in [0.3, 0.4) is 0 Å². The summed E-state index contributed by atoms with van der Waals surface area (Å²) in [6.07, 6.45) is 1.67. The number of halogens is 1. The van der Waals surface area contributed by atoms with Crippen LogP contribution >= 0.6 is 15.9 Å². The molecule has 134 valence electrons. The Morgan fingerprint density at radius 3 is 2.15 bits per heavy atom. The van der Waals surface area contributed by atoms with Crippen molar-refractivity contribution >= 4 is 33.9 Å². The van der Waals surface area contributed by atoms with Crippen LogP contribution in [0.4, 0.5) is 0 Å². The van der Waals surface area contributed by atoms with Gasteiger partial charge in [0.2, 0.25) is 11.6 Å². The minimum atomic E-state index is -0.517. The highest BCUT2D eigenvalue weighted by Crippen LogP contribution is 2.39. The van der Waals surface area contributed by atoms with Gasteiger partial charge in [0.15, 0.2) is 17.2 Å². The number of cyclic esters (lactones) is 1. The Kier molecular flexibility index (Phi) is 5.27. The van der Waals surface area contributed by atoms with Gasteiger partial charge in [-0.15, -0.1) is 0 Å². The quantitative estimate of drug-likeness (QED) is 0.546. The molecule has 1 heterocycles. The normalized spacial score (nSPS) is 14.8. The summed E-state index contributed by atoms with van der Waals surface area (Å²) in [5.41, 5.74) is 1.61. The number of nitrogens with zero attached hydrogens (tertiary/aromatic N) is 1. The molecule has 0 unspecified atom stereocenters. The lowest BCUT2D eigenvalue weighted by molar-refractivity contribution is -0.129. The smallest absolute Gasteiger partial charge is 0.363 e. The summed E-state index contributed by atoms with van der Waals surface area (Å²) in [7, 11) is 4.55. The first-order valence-corrected chi connectivity index (χ1v) is 8.43. The third-order valence-electron chi connectivity index (χ3n) is 3.71. The first kappa shape index (κ1) is 18.0. The maximum atomic E-state index is 12.2. The molecule has 6 nitrogen and oxygen atoms in total. The van der Waals surface area contributed by atoms with E-state index in [0.717, 1.165) is 10.0 Å². The van der Waals surface area contributed by atoms with Crippen molar-refractivity contribution in [1.29, 1.82) is 0 Å². The Morgan fingerprint density at radius 1 is 1.00 bits per heavy atom. The van der Waals surface area contributed by atoms with E-state index in [9.17, 15) is 4.79 Å². The first-order valence-electron chi connectivity index (χ1n) is 7.64. The molecule has 3 rings (SSSR count). The molecule has 0 N–H and O–H groups in total. The Morgan fingerprint density at radius 2 is 1.62 bits per heavy atom. The van der Waals surface area contributed by atoms with Crippen LogP contribution in [0.1, 0.15) is 11.1 Å². The van der Waals surface area contributed by atoms with E-state index in [1.165, 1.54) is 21.3 Å². The van der Waals surface area contributed by atoms with Crippen molar-refractivity contribution in [2.24, 2.45) is 4.99 Å². The predicted octanol–water partition coefficient (Wildman–Crippen LogP) is 3.82. The maximum Gasteiger partial charge on any atom is 0.363 e. The van der Waals surface area contributed by atoms with Crippen molar-refractivity contribution in [3.8, 4) is 17.2 Å². The Balaban J connectivity index is 1.99. The molecule has 0 spiro atoms. The van der Waals surface area contributed by atoms with Gasteiger partial charge in [0.1, 0.15) is 0 Å². The van der Waals surface area contributed by atoms with Crippen molar-refractivity contribution in [3.05, 3.63) is 57.7 Å². The van der Waals surface area contributed by atoms with Crippen LogP contribution in [0.25, 0.3) is 6.08 Å². The molecule has 0 fully saturated rings. The number of carbonyl (C=O) groups excluding carboxylic acids is 1. The minimum Gasteiger partial charge on any atom is -0.493 e. The largest absolute Gasteiger partial charge is 0.493 e. The lowest BCUT2D eigenvalue weighted by Gasteiger charge is -2.13. The van der Waals surface area contributed by atoms with Crippen LogP contribution in [0.15, 0.2) is 51.6 Å². The monoisotopic (exact) mass is 417 g/mol. The summed E-state index contributed by atoms with van der Waals surface area (Å²) in [5, 5.41) is 0. The standard InChI is InChI=1S/C19H16BrNO5/c1-23-15-9-12(10-16(24-2)17(15)25-3)18-21-14(19(22)26-18)8-11-4-6-13(20)7-5-11/h4-10H,1-3H3/b14-8-. The van der Waals surface area contributed by atoms with Crippen LogP contribution in [0, 0.1) is 0 Å². The zero-order valence-corrected chi connectivity index (χ0v) is 16.0. The molecule has 1 aliphatic heterocycles. The summed E-state index contributed by atoms with van der Waals surface area (Å²) in [6.45, 7) is 0. The number of hydrogen-bond donors (Lipinski definition) is 0. The van der Waals surface area contributed by atoms with Crippen LogP contribution in [-0.4, -0.2) is 33.2 Å². The van der Waals surface area contributed by atoms with E-state index in [2.05, 4.69) is 20.9 Å². The molecule has 0 saturated carbocycles. The van der Waals surface area contributed by atoms with Crippen molar-refractivity contribution in [1.82, 2.24) is 0 Å². The van der Waals surface area contributed by atoms with Crippen molar-refractivity contribution in [2.45, 2.75) is 0 Å². The predicted molar refractivity (Wildman–Crippen MR) is 101 cm³/mol. The van der Waals surface area contributed by atoms with Gasteiger partial charge in [-0.1, -0.05) is 28.1 Å². The molecule has 0 bridgehead atoms. The summed E-state index contributed by atoms with van der Waals surface area (Å²) in [5.74, 6) is 1.01. The number of esters is 1. The third kappa shape index (κ3) is 3.57. The highest BCUT2D eigenvalue weighted by atomic mass is 79.9. The highest BCUT2D eigenvalue weighted by Gasteiger charge is 2.26. The molecule has 0 saturated heterocycles. The minimum absolute atomic E-state index is 0.178. The van der Waals surface area contributed by atoms with Gasteiger partial charge in [-0.2, -0.15) is 0 Å². The topological polar surface area (TPSA) is 66.4 Å². The second-order valence-electron chi connectivity index (χ2n) is 5.30. The van der Waals surface area contributed by atoms with Crippen LogP contribution in [-0.2, 0) is 9.53 Å². The summed E-state index contributed by atoms with van der Waals surface area (Å²) >= 11 is 3.38. The molecule has 0 radical (unpaired) electrons. The second-order valence-corrected chi connectivity index (χ2v) is 6.22. The Labute approximate surface area is 159 Å². The van der Waals surface area contributed by atoms with E-state index < -0.39 is 5.97 Å². The molecule has 0 atom stereocenters. The molecule has 26 heavy (non-hydrogen) atoms. The van der Waals surface area contributed by atoms with Gasteiger partial charge in [0.25, 0.3) is 0 Å². The highest BCUT2D eigenvalue weighted by molar-refractivity contribution is 9.10. The van der Waals surface area contributed by atoms with Crippen molar-refractivity contribution in [2.75, 3.05) is 21.3 Å². The zero-order chi connectivity index (χ0) is 18.7. The molecular weight excluding hydrogens is 402 g/mol. The van der Waals surface area contributed by atoms with Crippen LogP contribution in [0.2, 0.25) is 0 Å². The van der Waals surface area contributed by atoms with Crippen LogP contribution in [0.5, 0.6) is 17.2 Å². The fraction of sp³-hybridized carbons (Fsp3) is 0.158. The first-order chi connectivity index (χ1) is 12.5. The molecule has 0 amide bonds. The summed E-state index contributed by atoms with van der Waals surface area (Å²) in [4.78, 5) is 16.5. The molecule has 1 aliphatic rings. The maximum absolute atomic E-state index is 12.2. The number of methoxy groups -OCH3 is 3. The zero-order valence-electron chi connectivity index (χ0n) is 14.4. The molecular formula is C19H16BrNO5. The summed E-state index contributed by atoms with van der Waals surface area (Å²) in [6, 6.07) is 10.9. The van der Waals surface area contributed by atoms with E-state index in [-0.39, 0.29) is 11.6 Å². The number of ether oxygens (including phenoxy) is 4. The van der Waals surface area contributed by atoms with Gasteiger partial charge >= 0.3 is 5.97 Å².